The van der Waals surface area contributed by atoms with E-state index in [-0.39, 0.29) is 0 Å². The van der Waals surface area contributed by atoms with Crippen LogP contribution in [0.25, 0.3) is 0 Å². The van der Waals surface area contributed by atoms with E-state index in [1.165, 1.54) is 17.6 Å². The molecular formula is C11H10ClF3N2O3. The lowest BCUT2D eigenvalue weighted by molar-refractivity contribution is -0.175. The topological polar surface area (TPSA) is 67.4 Å². The van der Waals surface area contributed by atoms with Crippen molar-refractivity contribution in [3.05, 3.63) is 28.8 Å². The second kappa shape index (κ2) is 6.47. The standard InChI is InChI=1S/C11H10ClF3N2O3/c1-6-4-7(12)2-3-8(6)20-5-9(18)16-17-10(19)11(13,14)15/h2-4H,5H2,1H3,(H,16,18)(H,17,19). The van der Waals surface area contributed by atoms with Crippen molar-refractivity contribution in [2.24, 2.45) is 0 Å². The molecule has 0 saturated heterocycles. The van der Waals surface area contributed by atoms with Crippen molar-refractivity contribution < 1.29 is 27.5 Å². The molecule has 2 N–H and O–H groups in total. The first kappa shape index (κ1) is 16.1. The van der Waals surface area contributed by atoms with E-state index in [0.717, 1.165) is 0 Å². The van der Waals surface area contributed by atoms with Crippen molar-refractivity contribution in [2.45, 2.75) is 13.1 Å². The summed E-state index contributed by atoms with van der Waals surface area (Å²) >= 11 is 5.72. The van der Waals surface area contributed by atoms with Crippen LogP contribution in [0.15, 0.2) is 18.2 Å². The summed E-state index contributed by atoms with van der Waals surface area (Å²) in [4.78, 5) is 21.6. The lowest BCUT2D eigenvalue weighted by Gasteiger charge is -2.11. The summed E-state index contributed by atoms with van der Waals surface area (Å²) in [6.07, 6.45) is -5.07. The van der Waals surface area contributed by atoms with Gasteiger partial charge in [0.05, 0.1) is 0 Å². The highest BCUT2D eigenvalue weighted by Crippen LogP contribution is 2.21. The summed E-state index contributed by atoms with van der Waals surface area (Å²) in [6.45, 7) is 1.13. The number of benzene rings is 1. The predicted molar refractivity (Wildman–Crippen MR) is 64.0 cm³/mol. The normalized spacial score (nSPS) is 10.8. The van der Waals surface area contributed by atoms with E-state index in [9.17, 15) is 22.8 Å². The largest absolute Gasteiger partial charge is 0.483 e. The van der Waals surface area contributed by atoms with Crippen molar-refractivity contribution >= 4 is 23.4 Å². The van der Waals surface area contributed by atoms with Crippen molar-refractivity contribution in [3.63, 3.8) is 0 Å². The molecule has 0 atom stereocenters. The molecule has 1 aromatic rings. The molecule has 0 aliphatic rings. The van der Waals surface area contributed by atoms with Crippen LogP contribution in [0.4, 0.5) is 13.2 Å². The molecule has 20 heavy (non-hydrogen) atoms. The Morgan fingerprint density at radius 3 is 2.50 bits per heavy atom. The molecule has 0 aromatic heterocycles. The van der Waals surface area contributed by atoms with Gasteiger partial charge in [-0.3, -0.25) is 20.4 Å². The van der Waals surface area contributed by atoms with Crippen LogP contribution in [0.1, 0.15) is 5.56 Å². The Labute approximate surface area is 117 Å². The first-order valence-corrected chi connectivity index (χ1v) is 5.63. The van der Waals surface area contributed by atoms with Crippen LogP contribution in [-0.4, -0.2) is 24.6 Å². The van der Waals surface area contributed by atoms with E-state index in [1.54, 1.807) is 18.4 Å². The monoisotopic (exact) mass is 310 g/mol. The molecule has 0 heterocycles. The van der Waals surface area contributed by atoms with Crippen LogP contribution < -0.4 is 15.6 Å². The van der Waals surface area contributed by atoms with Crippen molar-refractivity contribution in [2.75, 3.05) is 6.61 Å². The highest BCUT2D eigenvalue weighted by atomic mass is 35.5. The maximum Gasteiger partial charge on any atom is 0.472 e. The number of alkyl halides is 3. The van der Waals surface area contributed by atoms with Gasteiger partial charge in [-0.2, -0.15) is 13.2 Å². The molecule has 0 fully saturated rings. The molecule has 0 radical (unpaired) electrons. The Balaban J connectivity index is 2.42. The molecule has 2 amide bonds. The van der Waals surface area contributed by atoms with Gasteiger partial charge in [-0.25, -0.2) is 0 Å². The summed E-state index contributed by atoms with van der Waals surface area (Å²) in [5, 5.41) is 0.483. The van der Waals surface area contributed by atoms with Crippen LogP contribution >= 0.6 is 11.6 Å². The van der Waals surface area contributed by atoms with E-state index in [0.29, 0.717) is 16.3 Å². The third kappa shape index (κ3) is 4.96. The Hall–Kier alpha value is -1.96. The summed E-state index contributed by atoms with van der Waals surface area (Å²) in [5.41, 5.74) is 3.46. The number of hydrazine groups is 1. The third-order valence-electron chi connectivity index (χ3n) is 2.07. The van der Waals surface area contributed by atoms with Gasteiger partial charge >= 0.3 is 12.1 Å². The predicted octanol–water partition coefficient (Wildman–Crippen LogP) is 1.74. The third-order valence-corrected chi connectivity index (χ3v) is 2.30. The zero-order valence-corrected chi connectivity index (χ0v) is 10.9. The molecule has 0 spiro atoms. The molecule has 110 valence electrons. The number of halogens is 4. The zero-order valence-electron chi connectivity index (χ0n) is 10.2. The van der Waals surface area contributed by atoms with Gasteiger partial charge in [0, 0.05) is 5.02 Å². The summed E-state index contributed by atoms with van der Waals surface area (Å²) in [6, 6.07) is 4.65. The fourth-order valence-corrected chi connectivity index (χ4v) is 1.38. The Kier molecular flexibility index (Phi) is 5.20. The Morgan fingerprint density at radius 2 is 1.95 bits per heavy atom. The van der Waals surface area contributed by atoms with E-state index in [4.69, 9.17) is 16.3 Å². The summed E-state index contributed by atoms with van der Waals surface area (Å²) < 4.78 is 40.6. The highest BCUT2D eigenvalue weighted by Gasteiger charge is 2.38. The lowest BCUT2D eigenvalue weighted by atomic mass is 10.2. The van der Waals surface area contributed by atoms with Crippen molar-refractivity contribution in [1.29, 1.82) is 0 Å². The number of amides is 2. The lowest BCUT2D eigenvalue weighted by Crippen LogP contribution is -2.49. The number of hydrogen-bond acceptors (Lipinski definition) is 3. The fraction of sp³-hybridized carbons (Fsp3) is 0.273. The van der Waals surface area contributed by atoms with E-state index >= 15 is 0 Å². The van der Waals surface area contributed by atoms with Gasteiger partial charge in [0.25, 0.3) is 5.91 Å². The maximum absolute atomic E-state index is 11.8. The molecule has 1 rings (SSSR count). The number of carbonyl (C=O) groups is 2. The van der Waals surface area contributed by atoms with E-state index < -0.39 is 24.6 Å². The molecule has 0 saturated carbocycles. The molecule has 0 bridgehead atoms. The second-order valence-corrected chi connectivity index (χ2v) is 4.13. The van der Waals surface area contributed by atoms with Crippen molar-refractivity contribution in [1.82, 2.24) is 10.9 Å². The minimum Gasteiger partial charge on any atom is -0.483 e. The average Bonchev–Trinajstić information content (AvgIpc) is 2.33. The van der Waals surface area contributed by atoms with Gasteiger partial charge in [0.2, 0.25) is 0 Å². The van der Waals surface area contributed by atoms with Crippen LogP contribution in [-0.2, 0) is 9.59 Å². The first-order chi connectivity index (χ1) is 9.20. The maximum atomic E-state index is 11.8. The van der Waals surface area contributed by atoms with Gasteiger partial charge in [0.15, 0.2) is 6.61 Å². The summed E-state index contributed by atoms with van der Waals surface area (Å²) in [7, 11) is 0. The van der Waals surface area contributed by atoms with Gasteiger partial charge in [-0.1, -0.05) is 11.6 Å². The Morgan fingerprint density at radius 1 is 1.30 bits per heavy atom. The fourth-order valence-electron chi connectivity index (χ4n) is 1.15. The molecule has 0 unspecified atom stereocenters. The molecule has 0 aliphatic heterocycles. The second-order valence-electron chi connectivity index (χ2n) is 3.70. The van der Waals surface area contributed by atoms with Crippen molar-refractivity contribution in [3.8, 4) is 5.75 Å². The number of ether oxygens (including phenoxy) is 1. The van der Waals surface area contributed by atoms with Gasteiger partial charge in [-0.15, -0.1) is 0 Å². The van der Waals surface area contributed by atoms with Crippen LogP contribution in [0.3, 0.4) is 0 Å². The Bertz CT molecular complexity index is 520. The number of nitrogens with one attached hydrogen (secondary N) is 2. The molecule has 5 nitrogen and oxygen atoms in total. The van der Waals surface area contributed by atoms with Crippen LogP contribution in [0.5, 0.6) is 5.75 Å². The van der Waals surface area contributed by atoms with Crippen LogP contribution in [0, 0.1) is 6.92 Å². The SMILES string of the molecule is Cc1cc(Cl)ccc1OCC(=O)NNC(=O)C(F)(F)F. The van der Waals surface area contributed by atoms with E-state index in [2.05, 4.69) is 0 Å². The summed E-state index contributed by atoms with van der Waals surface area (Å²) in [5.74, 6) is -2.85. The number of rotatable bonds is 3. The van der Waals surface area contributed by atoms with Gasteiger partial charge in [-0.05, 0) is 30.7 Å². The van der Waals surface area contributed by atoms with E-state index in [1.807, 2.05) is 0 Å². The van der Waals surface area contributed by atoms with Gasteiger partial charge < -0.3 is 4.74 Å². The minimum atomic E-state index is -5.07. The molecule has 9 heteroatoms. The highest BCUT2D eigenvalue weighted by molar-refractivity contribution is 6.30. The molecule has 1 aromatic carbocycles. The number of aryl methyl sites for hydroxylation is 1. The van der Waals surface area contributed by atoms with Crippen LogP contribution in [0.2, 0.25) is 5.02 Å². The molecular weight excluding hydrogens is 301 g/mol. The number of hydrogen-bond donors (Lipinski definition) is 2. The quantitative estimate of drug-likeness (QED) is 0.836. The zero-order chi connectivity index (χ0) is 15.3. The average molecular weight is 311 g/mol. The first-order valence-electron chi connectivity index (χ1n) is 5.25. The minimum absolute atomic E-state index is 0.353. The smallest absolute Gasteiger partial charge is 0.472 e. The number of carbonyl (C=O) groups excluding carboxylic acids is 2. The van der Waals surface area contributed by atoms with Gasteiger partial charge in [0.1, 0.15) is 5.75 Å². The molecule has 0 aliphatic carbocycles.